The Morgan fingerprint density at radius 1 is 1.28 bits per heavy atom. The maximum absolute atomic E-state index is 12.1. The standard InChI is InChI=1S/C14H23N3O/c1-5-17(6-2)13(18)10-16(4)14-11(3)8-7-9-12(14)15/h7-9H,5-6,10,15H2,1-4H3. The molecular weight excluding hydrogens is 226 g/mol. The van der Waals surface area contributed by atoms with Gasteiger partial charge in [0.2, 0.25) is 5.91 Å². The average molecular weight is 249 g/mol. The van der Waals surface area contributed by atoms with Crippen LogP contribution in [0.15, 0.2) is 18.2 Å². The molecule has 4 nitrogen and oxygen atoms in total. The molecule has 18 heavy (non-hydrogen) atoms. The monoisotopic (exact) mass is 249 g/mol. The first-order valence-electron chi connectivity index (χ1n) is 6.35. The molecule has 0 bridgehead atoms. The normalized spacial score (nSPS) is 10.2. The van der Waals surface area contributed by atoms with E-state index in [0.29, 0.717) is 12.2 Å². The van der Waals surface area contributed by atoms with E-state index in [1.165, 1.54) is 0 Å². The van der Waals surface area contributed by atoms with E-state index in [1.54, 1.807) is 0 Å². The lowest BCUT2D eigenvalue weighted by Gasteiger charge is -2.26. The van der Waals surface area contributed by atoms with Crippen molar-refractivity contribution in [3.63, 3.8) is 0 Å². The smallest absolute Gasteiger partial charge is 0.242 e. The van der Waals surface area contributed by atoms with Gasteiger partial charge < -0.3 is 15.5 Å². The predicted octanol–water partition coefficient (Wildman–Crippen LogP) is 1.88. The Morgan fingerprint density at radius 3 is 2.39 bits per heavy atom. The first-order valence-corrected chi connectivity index (χ1v) is 6.35. The van der Waals surface area contributed by atoms with Crippen LogP contribution in [0.1, 0.15) is 19.4 Å². The lowest BCUT2D eigenvalue weighted by atomic mass is 10.1. The molecule has 0 saturated heterocycles. The van der Waals surface area contributed by atoms with E-state index in [4.69, 9.17) is 5.73 Å². The summed E-state index contributed by atoms with van der Waals surface area (Å²) in [6, 6.07) is 5.79. The fraction of sp³-hybridized carbons (Fsp3) is 0.500. The number of nitrogens with two attached hydrogens (primary N) is 1. The molecule has 100 valence electrons. The van der Waals surface area contributed by atoms with Crippen molar-refractivity contribution >= 4 is 17.3 Å². The first-order chi connectivity index (χ1) is 8.51. The van der Waals surface area contributed by atoms with Crippen LogP contribution in [-0.4, -0.2) is 37.5 Å². The van der Waals surface area contributed by atoms with Crippen LogP contribution >= 0.6 is 0 Å². The minimum absolute atomic E-state index is 0.130. The van der Waals surface area contributed by atoms with Crippen molar-refractivity contribution in [3.8, 4) is 0 Å². The molecule has 1 amide bonds. The largest absolute Gasteiger partial charge is 0.397 e. The molecule has 0 atom stereocenters. The number of aryl methyl sites for hydroxylation is 1. The van der Waals surface area contributed by atoms with E-state index in [9.17, 15) is 4.79 Å². The van der Waals surface area contributed by atoms with Crippen LogP contribution in [0, 0.1) is 6.92 Å². The molecule has 0 radical (unpaired) electrons. The third-order valence-electron chi connectivity index (χ3n) is 3.14. The number of benzene rings is 1. The van der Waals surface area contributed by atoms with Crippen molar-refractivity contribution in [2.75, 3.05) is 37.3 Å². The van der Waals surface area contributed by atoms with E-state index >= 15 is 0 Å². The molecule has 1 rings (SSSR count). The van der Waals surface area contributed by atoms with Gasteiger partial charge in [0.1, 0.15) is 0 Å². The Bertz CT molecular complexity index is 393. The number of nitrogen functional groups attached to an aromatic ring is 1. The Labute approximate surface area is 109 Å². The number of rotatable bonds is 5. The van der Waals surface area contributed by atoms with Crippen LogP contribution in [0.5, 0.6) is 0 Å². The van der Waals surface area contributed by atoms with Gasteiger partial charge >= 0.3 is 0 Å². The van der Waals surface area contributed by atoms with Gasteiger partial charge in [0.15, 0.2) is 0 Å². The van der Waals surface area contributed by atoms with Crippen LogP contribution in [0.3, 0.4) is 0 Å². The maximum atomic E-state index is 12.1. The van der Waals surface area contributed by atoms with Gasteiger partial charge in [0.25, 0.3) is 0 Å². The zero-order chi connectivity index (χ0) is 13.7. The van der Waals surface area contributed by atoms with Gasteiger partial charge in [0, 0.05) is 20.1 Å². The molecule has 0 aliphatic carbocycles. The highest BCUT2D eigenvalue weighted by molar-refractivity contribution is 5.83. The number of hydrogen-bond acceptors (Lipinski definition) is 3. The predicted molar refractivity (Wildman–Crippen MR) is 76.8 cm³/mol. The summed E-state index contributed by atoms with van der Waals surface area (Å²) in [6.45, 7) is 7.83. The number of nitrogens with zero attached hydrogens (tertiary/aromatic N) is 2. The molecule has 0 fully saturated rings. The van der Waals surface area contributed by atoms with Crippen LogP contribution < -0.4 is 10.6 Å². The summed E-state index contributed by atoms with van der Waals surface area (Å²) in [5.74, 6) is 0.130. The molecule has 0 unspecified atom stereocenters. The number of carbonyl (C=O) groups is 1. The third kappa shape index (κ3) is 3.15. The lowest BCUT2D eigenvalue weighted by molar-refractivity contribution is -0.129. The number of hydrogen-bond donors (Lipinski definition) is 1. The van der Waals surface area contributed by atoms with Crippen molar-refractivity contribution in [1.29, 1.82) is 0 Å². The lowest BCUT2D eigenvalue weighted by Crippen LogP contribution is -2.39. The quantitative estimate of drug-likeness (QED) is 0.811. The van der Waals surface area contributed by atoms with Crippen molar-refractivity contribution < 1.29 is 4.79 Å². The van der Waals surface area contributed by atoms with Crippen molar-refractivity contribution in [2.45, 2.75) is 20.8 Å². The van der Waals surface area contributed by atoms with Crippen molar-refractivity contribution in [1.82, 2.24) is 4.90 Å². The van der Waals surface area contributed by atoms with E-state index in [0.717, 1.165) is 24.3 Å². The highest BCUT2D eigenvalue weighted by Gasteiger charge is 2.15. The van der Waals surface area contributed by atoms with Gasteiger partial charge in [-0.15, -0.1) is 0 Å². The summed E-state index contributed by atoms with van der Waals surface area (Å²) in [7, 11) is 1.90. The molecule has 0 aliphatic rings. The molecule has 0 aromatic heterocycles. The fourth-order valence-corrected chi connectivity index (χ4v) is 2.16. The Kier molecular flexibility index (Phi) is 5.01. The summed E-state index contributed by atoms with van der Waals surface area (Å²) >= 11 is 0. The second-order valence-electron chi connectivity index (χ2n) is 4.43. The topological polar surface area (TPSA) is 49.6 Å². The third-order valence-corrected chi connectivity index (χ3v) is 3.14. The highest BCUT2D eigenvalue weighted by atomic mass is 16.2. The summed E-state index contributed by atoms with van der Waals surface area (Å²) in [4.78, 5) is 15.8. The number of carbonyl (C=O) groups excluding carboxylic acids is 1. The second-order valence-corrected chi connectivity index (χ2v) is 4.43. The fourth-order valence-electron chi connectivity index (χ4n) is 2.16. The molecular formula is C14H23N3O. The molecule has 0 spiro atoms. The van der Waals surface area contributed by atoms with Crippen LogP contribution in [0.2, 0.25) is 0 Å². The maximum Gasteiger partial charge on any atom is 0.242 e. The summed E-state index contributed by atoms with van der Waals surface area (Å²) < 4.78 is 0. The summed E-state index contributed by atoms with van der Waals surface area (Å²) in [6.07, 6.45) is 0. The van der Waals surface area contributed by atoms with Gasteiger partial charge in [0.05, 0.1) is 17.9 Å². The molecule has 2 N–H and O–H groups in total. The number of likely N-dealkylation sites (N-methyl/N-ethyl adjacent to an activating group) is 2. The highest BCUT2D eigenvalue weighted by Crippen LogP contribution is 2.25. The molecule has 1 aromatic carbocycles. The molecule has 0 saturated carbocycles. The van der Waals surface area contributed by atoms with E-state index in [2.05, 4.69) is 0 Å². The van der Waals surface area contributed by atoms with Crippen LogP contribution in [-0.2, 0) is 4.79 Å². The zero-order valence-electron chi connectivity index (χ0n) is 11.7. The van der Waals surface area contributed by atoms with Crippen LogP contribution in [0.25, 0.3) is 0 Å². The van der Waals surface area contributed by atoms with Crippen molar-refractivity contribution in [2.24, 2.45) is 0 Å². The minimum Gasteiger partial charge on any atom is -0.397 e. The Morgan fingerprint density at radius 2 is 1.89 bits per heavy atom. The van der Waals surface area contributed by atoms with E-state index < -0.39 is 0 Å². The van der Waals surface area contributed by atoms with Gasteiger partial charge in [-0.2, -0.15) is 0 Å². The number of amides is 1. The molecule has 0 aliphatic heterocycles. The van der Waals surface area contributed by atoms with Gasteiger partial charge in [-0.05, 0) is 32.4 Å². The molecule has 1 aromatic rings. The zero-order valence-corrected chi connectivity index (χ0v) is 11.7. The second kappa shape index (κ2) is 6.28. The first kappa shape index (κ1) is 14.4. The van der Waals surface area contributed by atoms with Crippen LogP contribution in [0.4, 0.5) is 11.4 Å². The molecule has 0 heterocycles. The van der Waals surface area contributed by atoms with Gasteiger partial charge in [-0.1, -0.05) is 12.1 Å². The number of para-hydroxylation sites is 1. The SMILES string of the molecule is CCN(CC)C(=O)CN(C)c1c(C)cccc1N. The molecule has 4 heteroatoms. The van der Waals surface area contributed by atoms with Crippen molar-refractivity contribution in [3.05, 3.63) is 23.8 Å². The van der Waals surface area contributed by atoms with E-state index in [-0.39, 0.29) is 5.91 Å². The minimum atomic E-state index is 0.130. The number of anilines is 2. The van der Waals surface area contributed by atoms with E-state index in [1.807, 2.05) is 55.8 Å². The van der Waals surface area contributed by atoms with Gasteiger partial charge in [-0.3, -0.25) is 4.79 Å². The summed E-state index contributed by atoms with van der Waals surface area (Å²) in [5, 5.41) is 0. The summed E-state index contributed by atoms with van der Waals surface area (Å²) in [5.41, 5.74) is 8.72. The Hall–Kier alpha value is -1.71. The Balaban J connectivity index is 2.82. The van der Waals surface area contributed by atoms with Gasteiger partial charge in [-0.25, -0.2) is 0 Å². The average Bonchev–Trinajstić information content (AvgIpc) is 2.30.